The van der Waals surface area contributed by atoms with Gasteiger partial charge in [-0.2, -0.15) is 0 Å². The zero-order valence-corrected chi connectivity index (χ0v) is 12.8. The lowest BCUT2D eigenvalue weighted by Crippen LogP contribution is -2.33. The van der Waals surface area contributed by atoms with Gasteiger partial charge in [-0.15, -0.1) is 0 Å². The minimum atomic E-state index is -0.249. The van der Waals surface area contributed by atoms with E-state index >= 15 is 0 Å². The number of ketones is 1. The van der Waals surface area contributed by atoms with Crippen molar-refractivity contribution in [2.45, 2.75) is 59.8 Å². The van der Waals surface area contributed by atoms with Gasteiger partial charge in [-0.3, -0.25) is 9.59 Å². The Hall–Kier alpha value is -0.860. The highest BCUT2D eigenvalue weighted by atomic mass is 16.5. The van der Waals surface area contributed by atoms with Crippen LogP contribution in [-0.4, -0.2) is 18.4 Å². The summed E-state index contributed by atoms with van der Waals surface area (Å²) in [5, 5.41) is 0. The first-order valence-electron chi connectivity index (χ1n) is 7.64. The Kier molecular flexibility index (Phi) is 6.53. The Morgan fingerprint density at radius 1 is 1.21 bits per heavy atom. The predicted molar refractivity (Wildman–Crippen MR) is 75.7 cm³/mol. The van der Waals surface area contributed by atoms with E-state index in [4.69, 9.17) is 4.74 Å². The first kappa shape index (κ1) is 16.2. The smallest absolute Gasteiger partial charge is 0.306 e. The SMILES string of the molecule is CCOC(=O)CCC(=O)C1CC(C)CCC1C(C)C. The van der Waals surface area contributed by atoms with Crippen LogP contribution >= 0.6 is 0 Å². The van der Waals surface area contributed by atoms with Gasteiger partial charge in [-0.25, -0.2) is 0 Å². The number of rotatable bonds is 6. The number of carbonyl (C=O) groups excluding carboxylic acids is 2. The summed E-state index contributed by atoms with van der Waals surface area (Å²) >= 11 is 0. The maximum atomic E-state index is 12.4. The molecule has 19 heavy (non-hydrogen) atoms. The Balaban J connectivity index is 2.53. The predicted octanol–water partition coefficient (Wildman–Crippen LogP) is 3.61. The normalized spacial score (nSPS) is 27.3. The maximum Gasteiger partial charge on any atom is 0.306 e. The van der Waals surface area contributed by atoms with Crippen molar-refractivity contribution in [3.05, 3.63) is 0 Å². The summed E-state index contributed by atoms with van der Waals surface area (Å²) in [7, 11) is 0. The topological polar surface area (TPSA) is 43.4 Å². The van der Waals surface area contributed by atoms with Crippen molar-refractivity contribution < 1.29 is 14.3 Å². The Bertz CT molecular complexity index is 309. The number of carbonyl (C=O) groups is 2. The van der Waals surface area contributed by atoms with Gasteiger partial charge in [0.25, 0.3) is 0 Å². The highest BCUT2D eigenvalue weighted by molar-refractivity contribution is 5.85. The third-order valence-electron chi connectivity index (χ3n) is 4.32. The third kappa shape index (κ3) is 4.96. The first-order valence-corrected chi connectivity index (χ1v) is 7.64. The molecule has 1 aliphatic carbocycles. The van der Waals surface area contributed by atoms with E-state index in [2.05, 4.69) is 20.8 Å². The lowest BCUT2D eigenvalue weighted by molar-refractivity contribution is -0.145. The fraction of sp³-hybridized carbons (Fsp3) is 0.875. The Labute approximate surface area is 117 Å². The lowest BCUT2D eigenvalue weighted by Gasteiger charge is -2.36. The van der Waals surface area contributed by atoms with Crippen molar-refractivity contribution in [1.29, 1.82) is 0 Å². The molecule has 3 heteroatoms. The highest BCUT2D eigenvalue weighted by Crippen LogP contribution is 2.39. The van der Waals surface area contributed by atoms with Gasteiger partial charge in [0.2, 0.25) is 0 Å². The van der Waals surface area contributed by atoms with Crippen LogP contribution in [0.5, 0.6) is 0 Å². The fourth-order valence-electron chi connectivity index (χ4n) is 3.22. The molecule has 3 atom stereocenters. The van der Waals surface area contributed by atoms with Gasteiger partial charge in [-0.1, -0.05) is 27.2 Å². The zero-order chi connectivity index (χ0) is 14.4. The average molecular weight is 268 g/mol. The molecule has 1 rings (SSSR count). The van der Waals surface area contributed by atoms with Crippen molar-refractivity contribution in [3.63, 3.8) is 0 Å². The summed E-state index contributed by atoms with van der Waals surface area (Å²) in [6.45, 7) is 8.81. The number of hydrogen-bond donors (Lipinski definition) is 0. The molecular weight excluding hydrogens is 240 g/mol. The maximum absolute atomic E-state index is 12.4. The van der Waals surface area contributed by atoms with Gasteiger partial charge >= 0.3 is 5.97 Å². The van der Waals surface area contributed by atoms with Crippen LogP contribution in [0.15, 0.2) is 0 Å². The molecule has 0 amide bonds. The van der Waals surface area contributed by atoms with E-state index in [0.717, 1.165) is 12.8 Å². The van der Waals surface area contributed by atoms with Crippen LogP contribution in [0.25, 0.3) is 0 Å². The summed E-state index contributed by atoms with van der Waals surface area (Å²) in [6.07, 6.45) is 3.95. The number of Topliss-reactive ketones (excluding diaryl/α,β-unsaturated/α-hetero) is 1. The molecule has 0 N–H and O–H groups in total. The summed E-state index contributed by atoms with van der Waals surface area (Å²) in [4.78, 5) is 23.7. The summed E-state index contributed by atoms with van der Waals surface area (Å²) in [6, 6.07) is 0. The van der Waals surface area contributed by atoms with Crippen LogP contribution in [0.4, 0.5) is 0 Å². The summed E-state index contributed by atoms with van der Waals surface area (Å²) in [5.74, 6) is 1.83. The van der Waals surface area contributed by atoms with E-state index in [1.807, 2.05) is 0 Å². The molecule has 0 saturated heterocycles. The lowest BCUT2D eigenvalue weighted by atomic mass is 9.68. The highest BCUT2D eigenvalue weighted by Gasteiger charge is 2.34. The minimum Gasteiger partial charge on any atom is -0.466 e. The van der Waals surface area contributed by atoms with Crippen molar-refractivity contribution in [3.8, 4) is 0 Å². The number of hydrogen-bond acceptors (Lipinski definition) is 3. The van der Waals surface area contributed by atoms with Crippen LogP contribution in [0.1, 0.15) is 59.8 Å². The Morgan fingerprint density at radius 2 is 1.89 bits per heavy atom. The van der Waals surface area contributed by atoms with E-state index in [1.165, 1.54) is 6.42 Å². The second-order valence-electron chi connectivity index (χ2n) is 6.20. The summed E-state index contributed by atoms with van der Waals surface area (Å²) in [5.41, 5.74) is 0. The van der Waals surface area contributed by atoms with Crippen molar-refractivity contribution in [2.24, 2.45) is 23.7 Å². The van der Waals surface area contributed by atoms with E-state index in [-0.39, 0.29) is 24.1 Å². The van der Waals surface area contributed by atoms with E-state index in [9.17, 15) is 9.59 Å². The molecule has 0 aliphatic heterocycles. The quantitative estimate of drug-likeness (QED) is 0.691. The number of esters is 1. The van der Waals surface area contributed by atoms with Crippen LogP contribution in [0, 0.1) is 23.7 Å². The van der Waals surface area contributed by atoms with Crippen molar-refractivity contribution in [2.75, 3.05) is 6.61 Å². The minimum absolute atomic E-state index is 0.151. The van der Waals surface area contributed by atoms with Gasteiger partial charge in [-0.05, 0) is 37.5 Å². The van der Waals surface area contributed by atoms with Crippen molar-refractivity contribution >= 4 is 11.8 Å². The zero-order valence-electron chi connectivity index (χ0n) is 12.8. The van der Waals surface area contributed by atoms with Crippen LogP contribution in [-0.2, 0) is 14.3 Å². The molecule has 3 unspecified atom stereocenters. The molecule has 0 heterocycles. The fourth-order valence-corrected chi connectivity index (χ4v) is 3.22. The molecule has 0 spiro atoms. The molecule has 0 aromatic carbocycles. The standard InChI is InChI=1S/C16H28O3/c1-5-19-16(18)9-8-15(17)14-10-12(4)6-7-13(14)11(2)3/h11-14H,5-10H2,1-4H3. The molecule has 1 fully saturated rings. The molecule has 3 nitrogen and oxygen atoms in total. The van der Waals surface area contributed by atoms with Gasteiger partial charge in [0.15, 0.2) is 0 Å². The third-order valence-corrected chi connectivity index (χ3v) is 4.32. The molecular formula is C16H28O3. The summed E-state index contributed by atoms with van der Waals surface area (Å²) < 4.78 is 4.88. The monoisotopic (exact) mass is 268 g/mol. The van der Waals surface area contributed by atoms with Crippen LogP contribution in [0.2, 0.25) is 0 Å². The second-order valence-corrected chi connectivity index (χ2v) is 6.20. The largest absolute Gasteiger partial charge is 0.466 e. The van der Waals surface area contributed by atoms with E-state index < -0.39 is 0 Å². The average Bonchev–Trinajstić information content (AvgIpc) is 2.35. The van der Waals surface area contributed by atoms with Crippen LogP contribution in [0.3, 0.4) is 0 Å². The van der Waals surface area contributed by atoms with Crippen LogP contribution < -0.4 is 0 Å². The molecule has 110 valence electrons. The molecule has 0 aromatic heterocycles. The molecule has 0 radical (unpaired) electrons. The van der Waals surface area contributed by atoms with Gasteiger partial charge in [0.1, 0.15) is 5.78 Å². The van der Waals surface area contributed by atoms with Gasteiger partial charge in [0.05, 0.1) is 13.0 Å². The van der Waals surface area contributed by atoms with Crippen molar-refractivity contribution in [1.82, 2.24) is 0 Å². The molecule has 0 bridgehead atoms. The van der Waals surface area contributed by atoms with Gasteiger partial charge < -0.3 is 4.74 Å². The molecule has 1 aliphatic rings. The van der Waals surface area contributed by atoms with E-state index in [0.29, 0.717) is 30.8 Å². The van der Waals surface area contributed by atoms with E-state index in [1.54, 1.807) is 6.92 Å². The molecule has 1 saturated carbocycles. The molecule has 0 aromatic rings. The first-order chi connectivity index (χ1) is 8.95. The van der Waals surface area contributed by atoms with Gasteiger partial charge in [0, 0.05) is 12.3 Å². The second kappa shape index (κ2) is 7.66. The number of ether oxygens (including phenoxy) is 1. The Morgan fingerprint density at radius 3 is 2.47 bits per heavy atom.